The number of rotatable bonds is 3. The summed E-state index contributed by atoms with van der Waals surface area (Å²) < 4.78 is 0. The normalized spacial score (nSPS) is 52.1. The lowest BCUT2D eigenvalue weighted by Crippen LogP contribution is -2.54. The molecule has 3 nitrogen and oxygen atoms in total. The van der Waals surface area contributed by atoms with Crippen molar-refractivity contribution in [3.63, 3.8) is 0 Å². The van der Waals surface area contributed by atoms with Crippen LogP contribution in [0.2, 0.25) is 0 Å². The summed E-state index contributed by atoms with van der Waals surface area (Å²) in [7, 11) is 0. The quantitative estimate of drug-likeness (QED) is 0.768. The summed E-state index contributed by atoms with van der Waals surface area (Å²) in [5, 5.41) is 9.12. The van der Waals surface area contributed by atoms with Crippen LogP contribution in [0.5, 0.6) is 0 Å². The van der Waals surface area contributed by atoms with Gasteiger partial charge in [0.1, 0.15) is 0 Å². The third-order valence-corrected chi connectivity index (χ3v) is 9.61. The van der Waals surface area contributed by atoms with Crippen LogP contribution < -0.4 is 5.73 Å². The number of nitrogens with two attached hydrogens (primary N) is 1. The van der Waals surface area contributed by atoms with E-state index in [0.29, 0.717) is 29.2 Å². The zero-order valence-electron chi connectivity index (χ0n) is 16.2. The van der Waals surface area contributed by atoms with E-state index in [9.17, 15) is 4.79 Å². The maximum atomic E-state index is 11.1. The van der Waals surface area contributed by atoms with Crippen LogP contribution in [0.25, 0.3) is 0 Å². The summed E-state index contributed by atoms with van der Waals surface area (Å²) in [5.74, 6) is 3.51. The van der Waals surface area contributed by atoms with Gasteiger partial charge >= 0.3 is 5.97 Å². The highest BCUT2D eigenvalue weighted by Gasteiger charge is 2.59. The van der Waals surface area contributed by atoms with Crippen molar-refractivity contribution >= 4 is 5.97 Å². The van der Waals surface area contributed by atoms with E-state index in [4.69, 9.17) is 10.8 Å². The first-order chi connectivity index (χ1) is 11.8. The van der Waals surface area contributed by atoms with Gasteiger partial charge in [0.25, 0.3) is 0 Å². The molecule has 0 saturated heterocycles. The van der Waals surface area contributed by atoms with Crippen molar-refractivity contribution in [1.29, 1.82) is 0 Å². The molecule has 0 radical (unpaired) electrons. The molecule has 4 rings (SSSR count). The Morgan fingerprint density at radius 2 is 1.72 bits per heavy atom. The zero-order chi connectivity index (χ0) is 17.8. The highest BCUT2D eigenvalue weighted by atomic mass is 16.4. The standard InChI is InChI=1S/C22H37NO2/c1-21-12-10-19-17(18(21)7-4-14(21)5-8-20(24)25)6-3-15-13-16(23)9-11-22(15,19)2/h14-19H,3-13,23H2,1-2H3,(H,24,25)/t14-,15?,16?,17-,18-,19-,21+,22-/m0/s1. The number of aliphatic carboxylic acids is 1. The van der Waals surface area contributed by atoms with Gasteiger partial charge in [0.15, 0.2) is 0 Å². The van der Waals surface area contributed by atoms with Crippen LogP contribution >= 0.6 is 0 Å². The first-order valence-corrected chi connectivity index (χ1v) is 10.8. The molecule has 0 aromatic heterocycles. The van der Waals surface area contributed by atoms with Crippen molar-refractivity contribution in [3.8, 4) is 0 Å². The first-order valence-electron chi connectivity index (χ1n) is 10.8. The SMILES string of the molecule is C[C@]12CC[C@H]3[C@@H](CCC4CC(N)CC[C@@]43C)[C@@H]1CC[C@H]2CCC(=O)O. The molecule has 4 aliphatic rings. The monoisotopic (exact) mass is 347 g/mol. The van der Waals surface area contributed by atoms with Crippen LogP contribution in [0.3, 0.4) is 0 Å². The molecular weight excluding hydrogens is 310 g/mol. The van der Waals surface area contributed by atoms with Crippen LogP contribution in [0.4, 0.5) is 0 Å². The van der Waals surface area contributed by atoms with Crippen LogP contribution in [-0.2, 0) is 4.79 Å². The van der Waals surface area contributed by atoms with Crippen molar-refractivity contribution in [2.45, 2.75) is 90.5 Å². The Hall–Kier alpha value is -0.570. The van der Waals surface area contributed by atoms with Crippen LogP contribution in [-0.4, -0.2) is 17.1 Å². The fourth-order valence-electron chi connectivity index (χ4n) is 8.17. The highest BCUT2D eigenvalue weighted by Crippen LogP contribution is 2.67. The third-order valence-electron chi connectivity index (χ3n) is 9.61. The van der Waals surface area contributed by atoms with E-state index in [0.717, 1.165) is 30.1 Å². The molecule has 0 amide bonds. The molecule has 0 bridgehead atoms. The van der Waals surface area contributed by atoms with Crippen molar-refractivity contribution in [1.82, 2.24) is 0 Å². The van der Waals surface area contributed by atoms with Crippen molar-refractivity contribution in [2.24, 2.45) is 46.2 Å². The Kier molecular flexibility index (Phi) is 4.46. The summed E-state index contributed by atoms with van der Waals surface area (Å²) in [6.45, 7) is 5.11. The number of fused-ring (bicyclic) bond motifs is 5. The van der Waals surface area contributed by atoms with Gasteiger partial charge in [-0.05, 0) is 105 Å². The Morgan fingerprint density at radius 1 is 1.00 bits per heavy atom. The second-order valence-electron chi connectivity index (χ2n) is 10.4. The largest absolute Gasteiger partial charge is 0.481 e. The molecule has 4 saturated carbocycles. The van der Waals surface area contributed by atoms with E-state index in [2.05, 4.69) is 13.8 Å². The van der Waals surface area contributed by atoms with Crippen molar-refractivity contribution < 1.29 is 9.90 Å². The molecule has 25 heavy (non-hydrogen) atoms. The molecule has 8 atom stereocenters. The Labute approximate surface area is 153 Å². The zero-order valence-corrected chi connectivity index (χ0v) is 16.2. The number of carboxylic acids is 1. The molecule has 2 unspecified atom stereocenters. The molecule has 3 N–H and O–H groups in total. The van der Waals surface area contributed by atoms with Gasteiger partial charge in [0, 0.05) is 12.5 Å². The molecule has 4 aliphatic carbocycles. The Balaban J connectivity index is 1.53. The molecule has 142 valence electrons. The van der Waals surface area contributed by atoms with Gasteiger partial charge in [-0.3, -0.25) is 4.79 Å². The summed E-state index contributed by atoms with van der Waals surface area (Å²) >= 11 is 0. The molecule has 0 aromatic rings. The topological polar surface area (TPSA) is 63.3 Å². The Morgan fingerprint density at radius 3 is 2.48 bits per heavy atom. The molecule has 4 fully saturated rings. The first kappa shape index (κ1) is 17.8. The van der Waals surface area contributed by atoms with E-state index < -0.39 is 5.97 Å². The smallest absolute Gasteiger partial charge is 0.303 e. The Bertz CT molecular complexity index is 534. The predicted octanol–water partition coefficient (Wildman–Crippen LogP) is 4.84. The summed E-state index contributed by atoms with van der Waals surface area (Å²) in [4.78, 5) is 11.1. The lowest BCUT2D eigenvalue weighted by atomic mass is 9.44. The summed E-state index contributed by atoms with van der Waals surface area (Å²) in [6.07, 6.45) is 13.2. The highest BCUT2D eigenvalue weighted by molar-refractivity contribution is 5.66. The van der Waals surface area contributed by atoms with Crippen LogP contribution in [0.1, 0.15) is 84.5 Å². The molecule has 0 aromatic carbocycles. The number of hydrogen-bond acceptors (Lipinski definition) is 2. The lowest BCUT2D eigenvalue weighted by molar-refractivity contribution is -0.138. The van der Waals surface area contributed by atoms with E-state index in [1.807, 2.05) is 0 Å². The number of carboxylic acid groups (broad SMARTS) is 1. The second-order valence-corrected chi connectivity index (χ2v) is 10.4. The predicted molar refractivity (Wildman–Crippen MR) is 100 cm³/mol. The maximum absolute atomic E-state index is 11.1. The van der Waals surface area contributed by atoms with Gasteiger partial charge in [-0.25, -0.2) is 0 Å². The summed E-state index contributed by atoms with van der Waals surface area (Å²) in [5.41, 5.74) is 7.24. The maximum Gasteiger partial charge on any atom is 0.303 e. The molecular formula is C22H37NO2. The molecule has 0 heterocycles. The van der Waals surface area contributed by atoms with Gasteiger partial charge in [-0.1, -0.05) is 13.8 Å². The average molecular weight is 348 g/mol. The van der Waals surface area contributed by atoms with E-state index in [1.54, 1.807) is 0 Å². The van der Waals surface area contributed by atoms with E-state index >= 15 is 0 Å². The minimum Gasteiger partial charge on any atom is -0.481 e. The number of carbonyl (C=O) groups is 1. The van der Waals surface area contributed by atoms with Gasteiger partial charge in [0.2, 0.25) is 0 Å². The molecule has 0 aliphatic heterocycles. The van der Waals surface area contributed by atoms with Gasteiger partial charge in [-0.2, -0.15) is 0 Å². The molecule has 3 heteroatoms. The van der Waals surface area contributed by atoms with Gasteiger partial charge in [0.05, 0.1) is 0 Å². The number of hydrogen-bond donors (Lipinski definition) is 2. The van der Waals surface area contributed by atoms with Crippen molar-refractivity contribution in [2.75, 3.05) is 0 Å². The van der Waals surface area contributed by atoms with Gasteiger partial charge in [-0.15, -0.1) is 0 Å². The van der Waals surface area contributed by atoms with Crippen molar-refractivity contribution in [3.05, 3.63) is 0 Å². The van der Waals surface area contributed by atoms with Crippen LogP contribution in [0.15, 0.2) is 0 Å². The van der Waals surface area contributed by atoms with E-state index in [1.165, 1.54) is 57.8 Å². The van der Waals surface area contributed by atoms with Gasteiger partial charge < -0.3 is 10.8 Å². The second kappa shape index (κ2) is 6.25. The molecule has 0 spiro atoms. The minimum absolute atomic E-state index is 0.360. The summed E-state index contributed by atoms with van der Waals surface area (Å²) in [6, 6.07) is 0.440. The average Bonchev–Trinajstić information content (AvgIpc) is 2.90. The lowest BCUT2D eigenvalue weighted by Gasteiger charge is -2.61. The van der Waals surface area contributed by atoms with E-state index in [-0.39, 0.29) is 0 Å². The third kappa shape index (κ3) is 2.76. The fraction of sp³-hybridized carbons (Fsp3) is 0.955. The fourth-order valence-corrected chi connectivity index (χ4v) is 8.17. The minimum atomic E-state index is -0.618. The van der Waals surface area contributed by atoms with Crippen LogP contribution in [0, 0.1) is 40.4 Å².